The summed E-state index contributed by atoms with van der Waals surface area (Å²) >= 11 is 0. The first-order valence-electron chi connectivity index (χ1n) is 6.06. The highest BCUT2D eigenvalue weighted by molar-refractivity contribution is 7.85. The molecule has 104 valence electrons. The Bertz CT molecular complexity index is 497. The van der Waals surface area contributed by atoms with E-state index in [9.17, 15) is 9.00 Å². The molecule has 0 aromatic carbocycles. The zero-order chi connectivity index (χ0) is 13.8. The number of anilines is 2. The van der Waals surface area contributed by atoms with Gasteiger partial charge in [-0.05, 0) is 18.9 Å². The minimum absolute atomic E-state index is 0.195. The van der Waals surface area contributed by atoms with Crippen molar-refractivity contribution in [3.8, 4) is 0 Å². The van der Waals surface area contributed by atoms with Crippen LogP contribution in [-0.2, 0) is 15.5 Å². The van der Waals surface area contributed by atoms with Crippen molar-refractivity contribution in [3.63, 3.8) is 0 Å². The van der Waals surface area contributed by atoms with E-state index in [0.29, 0.717) is 28.6 Å². The van der Waals surface area contributed by atoms with Crippen LogP contribution in [0.15, 0.2) is 12.3 Å². The average molecular weight is 283 g/mol. The molecule has 1 saturated heterocycles. The van der Waals surface area contributed by atoms with Gasteiger partial charge in [-0.1, -0.05) is 0 Å². The monoisotopic (exact) mass is 283 g/mol. The van der Waals surface area contributed by atoms with Gasteiger partial charge in [-0.2, -0.15) is 0 Å². The van der Waals surface area contributed by atoms with Crippen LogP contribution < -0.4 is 11.1 Å². The van der Waals surface area contributed by atoms with E-state index < -0.39 is 16.8 Å². The Morgan fingerprint density at radius 1 is 1.53 bits per heavy atom. The highest BCUT2D eigenvalue weighted by Gasteiger charge is 2.20. The smallest absolute Gasteiger partial charge is 0.340 e. The molecule has 0 atom stereocenters. The van der Waals surface area contributed by atoms with Crippen LogP contribution >= 0.6 is 0 Å². The number of carbonyl (C=O) groups excluding carboxylic acids is 1. The van der Waals surface area contributed by atoms with Crippen LogP contribution in [-0.4, -0.2) is 39.8 Å². The van der Waals surface area contributed by atoms with Crippen molar-refractivity contribution < 1.29 is 13.7 Å². The topological polar surface area (TPSA) is 94.3 Å². The van der Waals surface area contributed by atoms with Gasteiger partial charge < -0.3 is 15.8 Å². The van der Waals surface area contributed by atoms with Crippen LogP contribution in [0.25, 0.3) is 0 Å². The maximum absolute atomic E-state index is 11.5. The van der Waals surface area contributed by atoms with Crippen LogP contribution in [0, 0.1) is 0 Å². The number of esters is 1. The zero-order valence-electron chi connectivity index (χ0n) is 10.7. The molecule has 0 unspecified atom stereocenters. The molecule has 19 heavy (non-hydrogen) atoms. The van der Waals surface area contributed by atoms with E-state index in [1.807, 2.05) is 0 Å². The van der Waals surface area contributed by atoms with Crippen molar-refractivity contribution in [3.05, 3.63) is 17.8 Å². The maximum atomic E-state index is 11.5. The molecule has 0 amide bonds. The minimum atomic E-state index is -0.703. The van der Waals surface area contributed by atoms with Gasteiger partial charge in [-0.3, -0.25) is 4.21 Å². The molecule has 0 aliphatic carbocycles. The van der Waals surface area contributed by atoms with Gasteiger partial charge in [0.1, 0.15) is 5.82 Å². The van der Waals surface area contributed by atoms with Gasteiger partial charge in [0, 0.05) is 34.5 Å². The highest BCUT2D eigenvalue weighted by atomic mass is 32.2. The first-order chi connectivity index (χ1) is 9.11. The van der Waals surface area contributed by atoms with Crippen LogP contribution in [0.2, 0.25) is 0 Å². The summed E-state index contributed by atoms with van der Waals surface area (Å²) in [5.74, 6) is 1.39. The van der Waals surface area contributed by atoms with Gasteiger partial charge >= 0.3 is 5.97 Å². The fraction of sp³-hybridized carbons (Fsp3) is 0.500. The third-order valence-corrected chi connectivity index (χ3v) is 4.51. The van der Waals surface area contributed by atoms with E-state index in [1.165, 1.54) is 19.4 Å². The molecule has 1 aliphatic rings. The lowest BCUT2D eigenvalue weighted by Crippen LogP contribution is -2.30. The molecule has 2 rings (SSSR count). The lowest BCUT2D eigenvalue weighted by Gasteiger charge is -2.23. The summed E-state index contributed by atoms with van der Waals surface area (Å²) in [4.78, 5) is 15.7. The molecule has 3 N–H and O–H groups in total. The van der Waals surface area contributed by atoms with E-state index in [1.54, 1.807) is 0 Å². The Hall–Kier alpha value is -1.63. The number of ether oxygens (including phenoxy) is 1. The molecular formula is C12H17N3O3S. The van der Waals surface area contributed by atoms with Crippen molar-refractivity contribution in [1.29, 1.82) is 0 Å². The fourth-order valence-electron chi connectivity index (χ4n) is 2.01. The summed E-state index contributed by atoms with van der Waals surface area (Å²) in [6, 6.07) is 1.72. The van der Waals surface area contributed by atoms with Crippen molar-refractivity contribution in [2.75, 3.05) is 29.7 Å². The van der Waals surface area contributed by atoms with Crippen molar-refractivity contribution in [1.82, 2.24) is 4.98 Å². The Morgan fingerprint density at radius 2 is 2.21 bits per heavy atom. The summed E-state index contributed by atoms with van der Waals surface area (Å²) in [5.41, 5.74) is 6.52. The van der Waals surface area contributed by atoms with Crippen molar-refractivity contribution in [2.45, 2.75) is 18.9 Å². The summed E-state index contributed by atoms with van der Waals surface area (Å²) in [6.07, 6.45) is 3.15. The van der Waals surface area contributed by atoms with Gasteiger partial charge in [0.05, 0.1) is 18.4 Å². The molecule has 1 aromatic heterocycles. The SMILES string of the molecule is COC(=O)c1ccnc(NC2CCS(=O)CC2)c1N. The molecule has 0 spiro atoms. The van der Waals surface area contributed by atoms with Crippen molar-refractivity contribution in [2.24, 2.45) is 0 Å². The van der Waals surface area contributed by atoms with Crippen LogP contribution in [0.3, 0.4) is 0 Å². The van der Waals surface area contributed by atoms with Crippen LogP contribution in [0.1, 0.15) is 23.2 Å². The second-order valence-electron chi connectivity index (χ2n) is 4.38. The molecule has 1 aromatic rings. The van der Waals surface area contributed by atoms with Gasteiger partial charge in [-0.15, -0.1) is 0 Å². The number of nitrogens with two attached hydrogens (primary N) is 1. The number of nitrogens with zero attached hydrogens (tertiary/aromatic N) is 1. The Kier molecular flexibility index (Phi) is 4.36. The summed E-state index contributed by atoms with van der Waals surface area (Å²) in [5, 5.41) is 3.21. The Balaban J connectivity index is 2.12. The van der Waals surface area contributed by atoms with Crippen LogP contribution in [0.5, 0.6) is 0 Å². The molecule has 1 fully saturated rings. The van der Waals surface area contributed by atoms with E-state index in [2.05, 4.69) is 15.0 Å². The number of hydrogen-bond donors (Lipinski definition) is 2. The number of pyridine rings is 1. The summed E-state index contributed by atoms with van der Waals surface area (Å²) in [6.45, 7) is 0. The number of aromatic nitrogens is 1. The third-order valence-electron chi connectivity index (χ3n) is 3.12. The summed E-state index contributed by atoms with van der Waals surface area (Å²) in [7, 11) is 0.608. The van der Waals surface area contributed by atoms with E-state index in [-0.39, 0.29) is 6.04 Å². The molecule has 0 radical (unpaired) electrons. The molecule has 1 aliphatic heterocycles. The maximum Gasteiger partial charge on any atom is 0.340 e. The zero-order valence-corrected chi connectivity index (χ0v) is 11.5. The van der Waals surface area contributed by atoms with Crippen LogP contribution in [0.4, 0.5) is 11.5 Å². The number of hydrogen-bond acceptors (Lipinski definition) is 6. The normalized spacial score (nSPS) is 22.8. The molecule has 7 heteroatoms. The molecule has 0 bridgehead atoms. The molecule has 0 saturated carbocycles. The molecular weight excluding hydrogens is 266 g/mol. The predicted molar refractivity (Wildman–Crippen MR) is 74.5 cm³/mol. The van der Waals surface area contributed by atoms with E-state index in [4.69, 9.17) is 5.73 Å². The Morgan fingerprint density at radius 3 is 2.84 bits per heavy atom. The third kappa shape index (κ3) is 3.23. The lowest BCUT2D eigenvalue weighted by atomic mass is 10.1. The second-order valence-corrected chi connectivity index (χ2v) is 6.08. The number of rotatable bonds is 3. The predicted octanol–water partition coefficient (Wildman–Crippen LogP) is 0.773. The first-order valence-corrected chi connectivity index (χ1v) is 7.55. The van der Waals surface area contributed by atoms with Gasteiger partial charge in [0.2, 0.25) is 0 Å². The second kappa shape index (κ2) is 6.01. The van der Waals surface area contributed by atoms with E-state index >= 15 is 0 Å². The van der Waals surface area contributed by atoms with Gasteiger partial charge in [0.25, 0.3) is 0 Å². The lowest BCUT2D eigenvalue weighted by molar-refractivity contribution is 0.0602. The number of methoxy groups -OCH3 is 1. The summed E-state index contributed by atoms with van der Waals surface area (Å²) < 4.78 is 16.0. The number of carbonyl (C=O) groups is 1. The van der Waals surface area contributed by atoms with Crippen molar-refractivity contribution >= 4 is 28.3 Å². The standard InChI is InChI=1S/C12H17N3O3S/c1-18-12(16)9-2-5-14-11(10(9)13)15-8-3-6-19(17)7-4-8/h2,5,8H,3-4,6-7,13H2,1H3,(H,14,15). The Labute approximate surface area is 114 Å². The number of nitrogens with one attached hydrogen (secondary N) is 1. The molecule has 6 nitrogen and oxygen atoms in total. The quantitative estimate of drug-likeness (QED) is 0.796. The van der Waals surface area contributed by atoms with E-state index in [0.717, 1.165) is 12.8 Å². The number of nitrogen functional groups attached to an aromatic ring is 1. The largest absolute Gasteiger partial charge is 0.465 e. The van der Waals surface area contributed by atoms with Gasteiger partial charge in [0.15, 0.2) is 0 Å². The minimum Gasteiger partial charge on any atom is -0.465 e. The molecule has 2 heterocycles. The fourth-order valence-corrected chi connectivity index (χ4v) is 3.31. The average Bonchev–Trinajstić information content (AvgIpc) is 2.43. The van der Waals surface area contributed by atoms with Gasteiger partial charge in [-0.25, -0.2) is 9.78 Å². The highest BCUT2D eigenvalue weighted by Crippen LogP contribution is 2.23. The first kappa shape index (κ1) is 13.8.